The second kappa shape index (κ2) is 9.20. The molecule has 0 unspecified atom stereocenters. The molecule has 162 valence electrons. The number of nitrogens with one attached hydrogen (secondary N) is 2. The van der Waals surface area contributed by atoms with Gasteiger partial charge in [-0.2, -0.15) is 0 Å². The fourth-order valence-corrected chi connectivity index (χ4v) is 4.68. The lowest BCUT2D eigenvalue weighted by atomic mass is 10.0. The van der Waals surface area contributed by atoms with E-state index in [9.17, 15) is 4.79 Å². The topological polar surface area (TPSA) is 81.1 Å². The Labute approximate surface area is 190 Å². The second-order valence-electron chi connectivity index (χ2n) is 7.19. The molecule has 2 heterocycles. The van der Waals surface area contributed by atoms with Gasteiger partial charge in [0.05, 0.1) is 12.6 Å². The number of rotatable bonds is 6. The molecular formula is C22H24ClN5O2S. The maximum absolute atomic E-state index is 13.3. The SMILES string of the molecule is CCOc1ccc([C@@H]2Nn3c(CC)nnc3S[C@H]2C(=O)Nc2ccc(C)c(Cl)c2)cc1. The Morgan fingerprint density at radius 3 is 2.68 bits per heavy atom. The second-order valence-corrected chi connectivity index (χ2v) is 8.70. The van der Waals surface area contributed by atoms with Gasteiger partial charge in [0.2, 0.25) is 11.1 Å². The summed E-state index contributed by atoms with van der Waals surface area (Å²) in [6, 6.07) is 13.0. The minimum atomic E-state index is -0.459. The molecule has 31 heavy (non-hydrogen) atoms. The van der Waals surface area contributed by atoms with Gasteiger partial charge in [-0.15, -0.1) is 10.2 Å². The van der Waals surface area contributed by atoms with E-state index in [0.29, 0.717) is 22.5 Å². The van der Waals surface area contributed by atoms with Crippen molar-refractivity contribution >= 4 is 35.0 Å². The Bertz CT molecular complexity index is 1090. The van der Waals surface area contributed by atoms with Crippen LogP contribution < -0.4 is 15.5 Å². The molecule has 2 aromatic carbocycles. The minimum Gasteiger partial charge on any atom is -0.494 e. The molecule has 0 radical (unpaired) electrons. The predicted molar refractivity (Wildman–Crippen MR) is 124 cm³/mol. The van der Waals surface area contributed by atoms with Crippen LogP contribution in [0.2, 0.25) is 5.02 Å². The monoisotopic (exact) mass is 457 g/mol. The highest BCUT2D eigenvalue weighted by Crippen LogP contribution is 2.38. The summed E-state index contributed by atoms with van der Waals surface area (Å²) in [6.45, 7) is 6.50. The molecule has 0 bridgehead atoms. The van der Waals surface area contributed by atoms with E-state index in [-0.39, 0.29) is 11.9 Å². The fourth-order valence-electron chi connectivity index (χ4n) is 3.40. The van der Waals surface area contributed by atoms with Crippen molar-refractivity contribution in [1.29, 1.82) is 0 Å². The molecule has 1 aromatic heterocycles. The summed E-state index contributed by atoms with van der Waals surface area (Å²) in [6.07, 6.45) is 0.731. The third-order valence-corrected chi connectivity index (χ3v) is 6.69. The first-order valence-corrected chi connectivity index (χ1v) is 11.4. The summed E-state index contributed by atoms with van der Waals surface area (Å²) in [5.41, 5.74) is 6.04. The van der Waals surface area contributed by atoms with E-state index in [2.05, 4.69) is 20.9 Å². The number of hydrogen-bond donors (Lipinski definition) is 2. The smallest absolute Gasteiger partial charge is 0.240 e. The highest BCUT2D eigenvalue weighted by atomic mass is 35.5. The maximum Gasteiger partial charge on any atom is 0.240 e. The first-order valence-electron chi connectivity index (χ1n) is 10.2. The van der Waals surface area contributed by atoms with Gasteiger partial charge in [-0.05, 0) is 49.2 Å². The lowest BCUT2D eigenvalue weighted by molar-refractivity contribution is -0.116. The molecule has 0 saturated carbocycles. The normalized spacial score (nSPS) is 17.5. The van der Waals surface area contributed by atoms with Crippen molar-refractivity contribution in [3.8, 4) is 5.75 Å². The van der Waals surface area contributed by atoms with Crippen molar-refractivity contribution < 1.29 is 9.53 Å². The number of carbonyl (C=O) groups excluding carboxylic acids is 1. The van der Waals surface area contributed by atoms with Crippen LogP contribution in [0.4, 0.5) is 5.69 Å². The summed E-state index contributed by atoms with van der Waals surface area (Å²) in [4.78, 5) is 13.3. The zero-order chi connectivity index (χ0) is 22.0. The number of aryl methyl sites for hydroxylation is 2. The van der Waals surface area contributed by atoms with Crippen molar-refractivity contribution in [2.24, 2.45) is 0 Å². The van der Waals surface area contributed by atoms with E-state index < -0.39 is 5.25 Å². The Balaban J connectivity index is 1.64. The molecule has 0 saturated heterocycles. The van der Waals surface area contributed by atoms with E-state index in [1.165, 1.54) is 11.8 Å². The molecule has 4 rings (SSSR count). The molecule has 1 aliphatic rings. The quantitative estimate of drug-likeness (QED) is 0.563. The van der Waals surface area contributed by atoms with E-state index >= 15 is 0 Å². The van der Waals surface area contributed by atoms with Gasteiger partial charge in [0.25, 0.3) is 0 Å². The first kappa shape index (κ1) is 21.5. The number of anilines is 1. The highest BCUT2D eigenvalue weighted by molar-refractivity contribution is 8.00. The van der Waals surface area contributed by atoms with Crippen LogP contribution in [0.1, 0.15) is 36.8 Å². The van der Waals surface area contributed by atoms with Gasteiger partial charge in [0.1, 0.15) is 11.0 Å². The van der Waals surface area contributed by atoms with Gasteiger partial charge in [-0.25, -0.2) is 4.68 Å². The number of amides is 1. The van der Waals surface area contributed by atoms with Gasteiger partial charge in [-0.1, -0.05) is 48.5 Å². The predicted octanol–water partition coefficient (Wildman–Crippen LogP) is 4.60. The number of thioether (sulfide) groups is 1. The highest BCUT2D eigenvalue weighted by Gasteiger charge is 2.37. The van der Waals surface area contributed by atoms with Crippen molar-refractivity contribution in [3.63, 3.8) is 0 Å². The number of fused-ring (bicyclic) bond motifs is 1. The first-order chi connectivity index (χ1) is 15.0. The molecule has 9 heteroatoms. The molecule has 0 spiro atoms. The van der Waals surface area contributed by atoms with Crippen LogP contribution in [0.25, 0.3) is 0 Å². The number of nitrogens with zero attached hydrogens (tertiary/aromatic N) is 3. The van der Waals surface area contributed by atoms with Crippen molar-refractivity contribution in [2.45, 2.75) is 43.6 Å². The van der Waals surface area contributed by atoms with Crippen LogP contribution in [0.3, 0.4) is 0 Å². The maximum atomic E-state index is 13.3. The van der Waals surface area contributed by atoms with Crippen LogP contribution >= 0.6 is 23.4 Å². The van der Waals surface area contributed by atoms with E-state index in [0.717, 1.165) is 29.1 Å². The summed E-state index contributed by atoms with van der Waals surface area (Å²) in [5.74, 6) is 1.48. The summed E-state index contributed by atoms with van der Waals surface area (Å²) >= 11 is 7.63. The Hall–Kier alpha value is -2.71. The van der Waals surface area contributed by atoms with Crippen LogP contribution in [-0.2, 0) is 11.2 Å². The van der Waals surface area contributed by atoms with Gasteiger partial charge in [0.15, 0.2) is 5.82 Å². The Kier molecular flexibility index (Phi) is 6.38. The summed E-state index contributed by atoms with van der Waals surface area (Å²) < 4.78 is 7.43. The largest absolute Gasteiger partial charge is 0.494 e. The van der Waals surface area contributed by atoms with Crippen LogP contribution in [0.5, 0.6) is 5.75 Å². The number of benzene rings is 2. The average Bonchev–Trinajstić information content (AvgIpc) is 3.18. The zero-order valence-electron chi connectivity index (χ0n) is 17.6. The fraction of sp³-hybridized carbons (Fsp3) is 0.318. The van der Waals surface area contributed by atoms with E-state index in [1.807, 2.05) is 61.8 Å². The number of ether oxygens (including phenoxy) is 1. The minimum absolute atomic E-state index is 0.136. The van der Waals surface area contributed by atoms with Crippen molar-refractivity contribution in [2.75, 3.05) is 17.3 Å². The molecule has 2 N–H and O–H groups in total. The van der Waals surface area contributed by atoms with Crippen molar-refractivity contribution in [1.82, 2.24) is 14.9 Å². The van der Waals surface area contributed by atoms with Crippen LogP contribution in [0, 0.1) is 6.92 Å². The van der Waals surface area contributed by atoms with Crippen LogP contribution in [0.15, 0.2) is 47.6 Å². The van der Waals surface area contributed by atoms with Crippen molar-refractivity contribution in [3.05, 3.63) is 64.4 Å². The Morgan fingerprint density at radius 1 is 1.23 bits per heavy atom. The van der Waals surface area contributed by atoms with E-state index in [4.69, 9.17) is 16.3 Å². The summed E-state index contributed by atoms with van der Waals surface area (Å²) in [7, 11) is 0. The van der Waals surface area contributed by atoms with Gasteiger partial charge >= 0.3 is 0 Å². The average molecular weight is 458 g/mol. The van der Waals surface area contributed by atoms with Gasteiger partial charge in [0, 0.05) is 17.1 Å². The standard InChI is InChI=1S/C22H24ClN5O2S/c1-4-18-25-26-22-28(18)27-19(14-7-10-16(11-8-14)30-5-2)20(31-22)21(29)24-15-9-6-13(3)17(23)12-15/h6-12,19-20,27H,4-5H2,1-3H3,(H,24,29)/t19-,20+/m0/s1. The molecule has 7 nitrogen and oxygen atoms in total. The molecule has 1 aliphatic heterocycles. The lowest BCUT2D eigenvalue weighted by Crippen LogP contribution is -2.41. The summed E-state index contributed by atoms with van der Waals surface area (Å²) in [5, 5.41) is 12.3. The third kappa shape index (κ3) is 4.50. The van der Waals surface area contributed by atoms with Gasteiger partial charge in [-0.3, -0.25) is 4.79 Å². The number of aromatic nitrogens is 3. The van der Waals surface area contributed by atoms with E-state index in [1.54, 1.807) is 6.07 Å². The number of carbonyl (C=O) groups is 1. The molecule has 2 atom stereocenters. The number of hydrogen-bond acceptors (Lipinski definition) is 6. The molecule has 0 aliphatic carbocycles. The molecule has 3 aromatic rings. The lowest BCUT2D eigenvalue weighted by Gasteiger charge is -2.33. The molecule has 1 amide bonds. The Morgan fingerprint density at radius 2 is 2.00 bits per heavy atom. The number of halogens is 1. The third-order valence-electron chi connectivity index (χ3n) is 5.07. The zero-order valence-corrected chi connectivity index (χ0v) is 19.1. The molecule has 0 fully saturated rings. The van der Waals surface area contributed by atoms with Crippen LogP contribution in [-0.4, -0.2) is 32.6 Å². The van der Waals surface area contributed by atoms with Gasteiger partial charge < -0.3 is 15.5 Å². The molecular weight excluding hydrogens is 434 g/mol.